The maximum atomic E-state index is 12.3. The van der Waals surface area contributed by atoms with E-state index < -0.39 is 0 Å². The van der Waals surface area contributed by atoms with Gasteiger partial charge in [0.15, 0.2) is 0 Å². The van der Waals surface area contributed by atoms with Crippen LogP contribution in [-0.4, -0.2) is 22.4 Å². The van der Waals surface area contributed by atoms with Crippen molar-refractivity contribution in [2.75, 3.05) is 11.9 Å². The number of rotatable bonds is 6. The molecule has 0 aliphatic heterocycles. The maximum Gasteiger partial charge on any atom is 0.270 e. The number of benzene rings is 1. The Morgan fingerprint density at radius 3 is 2.73 bits per heavy atom. The largest absolute Gasteiger partial charge is 0.354 e. The number of anilines is 1. The number of carbonyl (C=O) groups is 1. The summed E-state index contributed by atoms with van der Waals surface area (Å²) in [4.78, 5) is 20.8. The van der Waals surface area contributed by atoms with Gasteiger partial charge in [0.2, 0.25) is 5.95 Å². The van der Waals surface area contributed by atoms with E-state index >= 15 is 0 Å². The van der Waals surface area contributed by atoms with Crippen LogP contribution in [0.15, 0.2) is 30.3 Å². The third-order valence-electron chi connectivity index (χ3n) is 3.16. The van der Waals surface area contributed by atoms with Crippen molar-refractivity contribution in [2.45, 2.75) is 33.7 Å². The summed E-state index contributed by atoms with van der Waals surface area (Å²) in [6, 6.07) is 9.76. The molecule has 1 aromatic heterocycles. The van der Waals surface area contributed by atoms with E-state index in [9.17, 15) is 4.79 Å². The molecule has 0 spiro atoms. The van der Waals surface area contributed by atoms with Crippen LogP contribution in [0.5, 0.6) is 0 Å². The molecular weight excluding hydrogens is 276 g/mol. The number of nitrogens with zero attached hydrogens (tertiary/aromatic N) is 2. The molecule has 0 fully saturated rings. The number of hydrogen-bond acceptors (Lipinski definition) is 4. The van der Waals surface area contributed by atoms with Gasteiger partial charge in [-0.15, -0.1) is 0 Å². The number of carbonyl (C=O) groups excluding carboxylic acids is 1. The highest BCUT2D eigenvalue weighted by molar-refractivity contribution is 5.92. The van der Waals surface area contributed by atoms with Crippen LogP contribution in [-0.2, 0) is 6.54 Å². The predicted molar refractivity (Wildman–Crippen MR) is 87.9 cm³/mol. The highest BCUT2D eigenvalue weighted by atomic mass is 16.1. The summed E-state index contributed by atoms with van der Waals surface area (Å²) in [5, 5.41) is 6.01. The first kappa shape index (κ1) is 15.9. The molecule has 0 aliphatic carbocycles. The molecule has 1 amide bonds. The van der Waals surface area contributed by atoms with E-state index in [2.05, 4.69) is 33.6 Å². The zero-order valence-electron chi connectivity index (χ0n) is 13.3. The SMILES string of the molecule is CCCNc1nc(C)cc(C(=O)NCc2cccc(C)c2)n1. The van der Waals surface area contributed by atoms with E-state index in [1.54, 1.807) is 6.07 Å². The van der Waals surface area contributed by atoms with Crippen LogP contribution in [0.1, 0.15) is 40.7 Å². The fraction of sp³-hybridized carbons (Fsp3) is 0.353. The van der Waals surface area contributed by atoms with E-state index in [4.69, 9.17) is 0 Å². The van der Waals surface area contributed by atoms with Gasteiger partial charge in [-0.2, -0.15) is 0 Å². The van der Waals surface area contributed by atoms with Gasteiger partial charge in [0.05, 0.1) is 0 Å². The molecule has 0 atom stereocenters. The maximum absolute atomic E-state index is 12.3. The summed E-state index contributed by atoms with van der Waals surface area (Å²) in [5.41, 5.74) is 3.41. The molecule has 1 aromatic carbocycles. The highest BCUT2D eigenvalue weighted by Crippen LogP contribution is 2.07. The molecule has 2 rings (SSSR count). The molecule has 0 unspecified atom stereocenters. The number of hydrogen-bond donors (Lipinski definition) is 2. The average Bonchev–Trinajstić information content (AvgIpc) is 2.50. The lowest BCUT2D eigenvalue weighted by Crippen LogP contribution is -2.24. The quantitative estimate of drug-likeness (QED) is 0.860. The Kier molecular flexibility index (Phi) is 5.47. The molecule has 22 heavy (non-hydrogen) atoms. The lowest BCUT2D eigenvalue weighted by atomic mass is 10.1. The summed E-state index contributed by atoms with van der Waals surface area (Å²) < 4.78 is 0. The van der Waals surface area contributed by atoms with E-state index in [0.717, 1.165) is 24.2 Å². The number of aromatic nitrogens is 2. The molecule has 0 saturated heterocycles. The van der Waals surface area contributed by atoms with Crippen molar-refractivity contribution in [1.82, 2.24) is 15.3 Å². The van der Waals surface area contributed by atoms with Crippen molar-refractivity contribution >= 4 is 11.9 Å². The van der Waals surface area contributed by atoms with Gasteiger partial charge in [-0.05, 0) is 31.9 Å². The average molecular weight is 298 g/mol. The van der Waals surface area contributed by atoms with Crippen molar-refractivity contribution in [1.29, 1.82) is 0 Å². The lowest BCUT2D eigenvalue weighted by Gasteiger charge is -2.08. The Morgan fingerprint density at radius 1 is 1.18 bits per heavy atom. The molecule has 5 heteroatoms. The minimum absolute atomic E-state index is 0.188. The molecule has 2 aromatic rings. The van der Waals surface area contributed by atoms with E-state index in [1.807, 2.05) is 32.0 Å². The van der Waals surface area contributed by atoms with E-state index in [1.165, 1.54) is 5.56 Å². The van der Waals surface area contributed by atoms with Gasteiger partial charge < -0.3 is 10.6 Å². The summed E-state index contributed by atoms with van der Waals surface area (Å²) >= 11 is 0. The van der Waals surface area contributed by atoms with E-state index in [0.29, 0.717) is 18.2 Å². The second-order valence-corrected chi connectivity index (χ2v) is 5.32. The molecule has 2 N–H and O–H groups in total. The minimum Gasteiger partial charge on any atom is -0.354 e. The summed E-state index contributed by atoms with van der Waals surface area (Å²) in [5.74, 6) is 0.314. The van der Waals surface area contributed by atoms with Crippen LogP contribution in [0.2, 0.25) is 0 Å². The fourth-order valence-electron chi connectivity index (χ4n) is 2.10. The molecule has 1 heterocycles. The van der Waals surface area contributed by atoms with E-state index in [-0.39, 0.29) is 5.91 Å². The van der Waals surface area contributed by atoms with Gasteiger partial charge in [-0.3, -0.25) is 4.79 Å². The van der Waals surface area contributed by atoms with Crippen LogP contribution < -0.4 is 10.6 Å². The van der Waals surface area contributed by atoms with Crippen molar-refractivity contribution in [3.05, 3.63) is 52.8 Å². The third-order valence-corrected chi connectivity index (χ3v) is 3.16. The Bertz CT molecular complexity index is 655. The number of nitrogens with one attached hydrogen (secondary N) is 2. The Morgan fingerprint density at radius 2 is 2.00 bits per heavy atom. The smallest absolute Gasteiger partial charge is 0.270 e. The summed E-state index contributed by atoms with van der Waals surface area (Å²) in [6.45, 7) is 7.23. The number of amides is 1. The van der Waals surface area contributed by atoms with Crippen LogP contribution >= 0.6 is 0 Å². The van der Waals surface area contributed by atoms with Gasteiger partial charge in [0.1, 0.15) is 5.69 Å². The fourth-order valence-corrected chi connectivity index (χ4v) is 2.10. The molecule has 0 aliphatic rings. The van der Waals surface area contributed by atoms with Crippen molar-refractivity contribution in [3.8, 4) is 0 Å². The van der Waals surface area contributed by atoms with Crippen molar-refractivity contribution in [2.24, 2.45) is 0 Å². The monoisotopic (exact) mass is 298 g/mol. The summed E-state index contributed by atoms with van der Waals surface area (Å²) in [6.07, 6.45) is 0.978. The first-order chi connectivity index (χ1) is 10.6. The third kappa shape index (κ3) is 4.55. The zero-order valence-corrected chi connectivity index (χ0v) is 13.3. The predicted octanol–water partition coefficient (Wildman–Crippen LogP) is 2.85. The first-order valence-corrected chi connectivity index (χ1v) is 7.52. The lowest BCUT2D eigenvalue weighted by molar-refractivity contribution is 0.0945. The molecular formula is C17H22N4O. The molecule has 116 valence electrons. The Hall–Kier alpha value is -2.43. The molecule has 0 saturated carbocycles. The normalized spacial score (nSPS) is 10.3. The summed E-state index contributed by atoms with van der Waals surface area (Å²) in [7, 11) is 0. The van der Waals surface area contributed by atoms with Crippen LogP contribution in [0.4, 0.5) is 5.95 Å². The van der Waals surface area contributed by atoms with Gasteiger partial charge in [-0.1, -0.05) is 36.8 Å². The van der Waals surface area contributed by atoms with Crippen molar-refractivity contribution in [3.63, 3.8) is 0 Å². The Labute approximate surface area is 131 Å². The van der Waals surface area contributed by atoms with Crippen LogP contribution in [0.25, 0.3) is 0 Å². The molecule has 0 radical (unpaired) electrons. The zero-order chi connectivity index (χ0) is 15.9. The standard InChI is InChI=1S/C17H22N4O/c1-4-8-18-17-20-13(3)10-15(21-17)16(22)19-11-14-7-5-6-12(2)9-14/h5-7,9-10H,4,8,11H2,1-3H3,(H,19,22)(H,18,20,21). The Balaban J connectivity index is 2.04. The highest BCUT2D eigenvalue weighted by Gasteiger charge is 2.10. The minimum atomic E-state index is -0.188. The first-order valence-electron chi connectivity index (χ1n) is 7.52. The second-order valence-electron chi connectivity index (χ2n) is 5.32. The van der Waals surface area contributed by atoms with Crippen LogP contribution in [0, 0.1) is 13.8 Å². The van der Waals surface area contributed by atoms with Gasteiger partial charge >= 0.3 is 0 Å². The van der Waals surface area contributed by atoms with Gasteiger partial charge in [0.25, 0.3) is 5.91 Å². The van der Waals surface area contributed by atoms with Gasteiger partial charge in [0, 0.05) is 18.8 Å². The topological polar surface area (TPSA) is 66.9 Å². The molecule has 0 bridgehead atoms. The van der Waals surface area contributed by atoms with Crippen LogP contribution in [0.3, 0.4) is 0 Å². The molecule has 5 nitrogen and oxygen atoms in total. The second kappa shape index (κ2) is 7.54. The van der Waals surface area contributed by atoms with Gasteiger partial charge in [-0.25, -0.2) is 9.97 Å². The number of aryl methyl sites for hydroxylation is 2. The van der Waals surface area contributed by atoms with Crippen molar-refractivity contribution < 1.29 is 4.79 Å².